The van der Waals surface area contributed by atoms with Gasteiger partial charge in [0, 0.05) is 17.8 Å². The number of para-hydroxylation sites is 1. The van der Waals surface area contributed by atoms with E-state index in [0.717, 1.165) is 35.2 Å². The highest BCUT2D eigenvalue weighted by Crippen LogP contribution is 2.50. The van der Waals surface area contributed by atoms with Gasteiger partial charge in [-0.25, -0.2) is 0 Å². The van der Waals surface area contributed by atoms with Gasteiger partial charge >= 0.3 is 0 Å². The van der Waals surface area contributed by atoms with Crippen LogP contribution in [0.15, 0.2) is 72.8 Å². The van der Waals surface area contributed by atoms with Gasteiger partial charge in [0.25, 0.3) is 0 Å². The Kier molecular flexibility index (Phi) is 4.55. The van der Waals surface area contributed by atoms with Gasteiger partial charge in [0.15, 0.2) is 0 Å². The van der Waals surface area contributed by atoms with Crippen LogP contribution < -0.4 is 4.90 Å². The number of hydrogen-bond donors (Lipinski definition) is 2. The largest absolute Gasteiger partial charge is 0.508 e. The summed E-state index contributed by atoms with van der Waals surface area (Å²) < 4.78 is 0. The highest BCUT2D eigenvalue weighted by atomic mass is 16.3. The third-order valence-corrected chi connectivity index (χ3v) is 5.50. The molecule has 1 aliphatic heterocycles. The number of carbonyl (C=O) groups excluding carboxylic acids is 1. The van der Waals surface area contributed by atoms with Crippen molar-refractivity contribution in [3.63, 3.8) is 0 Å². The van der Waals surface area contributed by atoms with E-state index < -0.39 is 5.41 Å². The molecule has 2 N–H and O–H groups in total. The molecule has 0 aliphatic carbocycles. The number of unbranched alkanes of at least 4 members (excludes halogenated alkanes) is 1. The van der Waals surface area contributed by atoms with E-state index in [1.165, 1.54) is 0 Å². The van der Waals surface area contributed by atoms with Gasteiger partial charge < -0.3 is 15.1 Å². The molecule has 0 spiro atoms. The summed E-state index contributed by atoms with van der Waals surface area (Å²) in [6.45, 7) is 2.77. The third-order valence-electron chi connectivity index (χ3n) is 5.50. The van der Waals surface area contributed by atoms with Gasteiger partial charge in [-0.15, -0.1) is 0 Å². The minimum Gasteiger partial charge on any atom is -0.508 e. The molecule has 4 nitrogen and oxygen atoms in total. The van der Waals surface area contributed by atoms with Crippen LogP contribution in [0.2, 0.25) is 0 Å². The third kappa shape index (κ3) is 2.64. The summed E-state index contributed by atoms with van der Waals surface area (Å²) in [5.74, 6) is 0.316. The summed E-state index contributed by atoms with van der Waals surface area (Å²) in [6, 6.07) is 21.6. The van der Waals surface area contributed by atoms with Crippen molar-refractivity contribution in [2.45, 2.75) is 25.2 Å². The maximum Gasteiger partial charge on any atom is 0.246 e. The maximum absolute atomic E-state index is 14.0. The number of anilines is 1. The van der Waals surface area contributed by atoms with Crippen molar-refractivity contribution in [1.29, 1.82) is 0 Å². The van der Waals surface area contributed by atoms with Crippen LogP contribution in [-0.2, 0) is 10.2 Å². The molecular weight excluding hydrogens is 350 g/mol. The van der Waals surface area contributed by atoms with Crippen molar-refractivity contribution in [3.05, 3.63) is 89.5 Å². The molecule has 4 rings (SSSR count). The number of nitrogens with zero attached hydrogens (tertiary/aromatic N) is 1. The van der Waals surface area contributed by atoms with E-state index >= 15 is 0 Å². The molecule has 0 saturated heterocycles. The molecule has 1 aliphatic rings. The smallest absolute Gasteiger partial charge is 0.246 e. The first-order valence-corrected chi connectivity index (χ1v) is 9.59. The molecule has 1 amide bonds. The average molecular weight is 373 g/mol. The molecule has 0 aromatic heterocycles. The number of rotatable bonds is 5. The number of hydrogen-bond acceptors (Lipinski definition) is 3. The predicted octanol–water partition coefficient (Wildman–Crippen LogP) is 4.58. The van der Waals surface area contributed by atoms with Gasteiger partial charge in [0.2, 0.25) is 5.91 Å². The van der Waals surface area contributed by atoms with Crippen LogP contribution >= 0.6 is 0 Å². The zero-order valence-electron chi connectivity index (χ0n) is 15.8. The fourth-order valence-electron chi connectivity index (χ4n) is 4.14. The van der Waals surface area contributed by atoms with E-state index in [4.69, 9.17) is 0 Å². The molecule has 28 heavy (non-hydrogen) atoms. The molecule has 0 bridgehead atoms. The van der Waals surface area contributed by atoms with Crippen LogP contribution in [0.3, 0.4) is 0 Å². The second-order valence-electron chi connectivity index (χ2n) is 7.17. The Hall–Kier alpha value is -3.27. The molecule has 3 aromatic rings. The highest BCUT2D eigenvalue weighted by Gasteiger charge is 2.53. The molecule has 0 fully saturated rings. The van der Waals surface area contributed by atoms with Crippen LogP contribution in [0.25, 0.3) is 0 Å². The quantitative estimate of drug-likeness (QED) is 0.688. The van der Waals surface area contributed by atoms with Crippen LogP contribution in [0, 0.1) is 0 Å². The van der Waals surface area contributed by atoms with Crippen molar-refractivity contribution < 1.29 is 15.0 Å². The van der Waals surface area contributed by atoms with E-state index in [0.29, 0.717) is 6.54 Å². The Morgan fingerprint density at radius 1 is 0.821 bits per heavy atom. The fraction of sp³-hybridized carbons (Fsp3) is 0.208. The monoisotopic (exact) mass is 373 g/mol. The van der Waals surface area contributed by atoms with Crippen LogP contribution in [0.5, 0.6) is 11.5 Å². The normalized spacial score (nSPS) is 14.9. The van der Waals surface area contributed by atoms with Crippen LogP contribution in [0.1, 0.15) is 36.5 Å². The van der Waals surface area contributed by atoms with E-state index in [-0.39, 0.29) is 17.4 Å². The summed E-state index contributed by atoms with van der Waals surface area (Å²) in [6.07, 6.45) is 1.92. The maximum atomic E-state index is 14.0. The molecule has 3 aromatic carbocycles. The molecule has 142 valence electrons. The minimum atomic E-state index is -1.01. The molecule has 0 atom stereocenters. The summed E-state index contributed by atoms with van der Waals surface area (Å²) in [5.41, 5.74) is 2.43. The Morgan fingerprint density at radius 3 is 1.89 bits per heavy atom. The van der Waals surface area contributed by atoms with E-state index in [1.807, 2.05) is 29.2 Å². The summed E-state index contributed by atoms with van der Waals surface area (Å²) in [7, 11) is 0. The van der Waals surface area contributed by atoms with Crippen molar-refractivity contribution in [1.82, 2.24) is 0 Å². The van der Waals surface area contributed by atoms with Crippen molar-refractivity contribution in [2.24, 2.45) is 0 Å². The number of carbonyl (C=O) groups is 1. The standard InChI is InChI=1S/C24H23NO3/c1-2-3-16-25-22-7-5-4-6-21(22)24(23(25)28,17-8-12-19(26)13-9-17)18-10-14-20(27)15-11-18/h4-15,26-27H,2-3,16H2,1H3. The lowest BCUT2D eigenvalue weighted by molar-refractivity contribution is -0.120. The second kappa shape index (κ2) is 7.04. The lowest BCUT2D eigenvalue weighted by Gasteiger charge is -2.30. The predicted molar refractivity (Wildman–Crippen MR) is 110 cm³/mol. The molecule has 4 heteroatoms. The first kappa shape index (κ1) is 18.1. The number of phenolic OH excluding ortho intramolecular Hbond substituents is 2. The number of amides is 1. The lowest BCUT2D eigenvalue weighted by atomic mass is 9.70. The van der Waals surface area contributed by atoms with Crippen molar-refractivity contribution >= 4 is 11.6 Å². The van der Waals surface area contributed by atoms with Gasteiger partial charge in [-0.2, -0.15) is 0 Å². The van der Waals surface area contributed by atoms with Gasteiger partial charge in [0.05, 0.1) is 0 Å². The number of benzene rings is 3. The average Bonchev–Trinajstić information content (AvgIpc) is 2.96. The molecule has 1 heterocycles. The number of fused-ring (bicyclic) bond motifs is 1. The Labute approximate surface area is 164 Å². The topological polar surface area (TPSA) is 60.8 Å². The SMILES string of the molecule is CCCCN1C(=O)C(c2ccc(O)cc2)(c2ccc(O)cc2)c2ccccc21. The van der Waals surface area contributed by atoms with E-state index in [2.05, 4.69) is 6.92 Å². The highest BCUT2D eigenvalue weighted by molar-refractivity contribution is 6.13. The first-order chi connectivity index (χ1) is 13.6. The molecule has 0 saturated carbocycles. The molecule has 0 radical (unpaired) electrons. The van der Waals surface area contributed by atoms with Gasteiger partial charge in [-0.3, -0.25) is 4.79 Å². The Balaban J connectivity index is 2.01. The second-order valence-corrected chi connectivity index (χ2v) is 7.17. The molecule has 0 unspecified atom stereocenters. The van der Waals surface area contributed by atoms with Gasteiger partial charge in [-0.1, -0.05) is 55.8 Å². The zero-order chi connectivity index (χ0) is 19.7. The first-order valence-electron chi connectivity index (χ1n) is 9.59. The summed E-state index contributed by atoms with van der Waals surface area (Å²) >= 11 is 0. The summed E-state index contributed by atoms with van der Waals surface area (Å²) in [5, 5.41) is 19.6. The van der Waals surface area contributed by atoms with Gasteiger partial charge in [0.1, 0.15) is 16.9 Å². The van der Waals surface area contributed by atoms with Crippen LogP contribution in [-0.4, -0.2) is 22.7 Å². The van der Waals surface area contributed by atoms with Gasteiger partial charge in [-0.05, 0) is 47.9 Å². The lowest BCUT2D eigenvalue weighted by Crippen LogP contribution is -2.42. The van der Waals surface area contributed by atoms with E-state index in [1.54, 1.807) is 48.5 Å². The number of aromatic hydroxyl groups is 2. The fourth-order valence-corrected chi connectivity index (χ4v) is 4.14. The zero-order valence-corrected chi connectivity index (χ0v) is 15.8. The Bertz CT molecular complexity index is 948. The minimum absolute atomic E-state index is 0.00136. The summed E-state index contributed by atoms with van der Waals surface area (Å²) in [4.78, 5) is 15.8. The number of phenols is 2. The molecular formula is C24H23NO3. The Morgan fingerprint density at radius 2 is 1.36 bits per heavy atom. The van der Waals surface area contributed by atoms with Crippen LogP contribution in [0.4, 0.5) is 5.69 Å². The van der Waals surface area contributed by atoms with Crippen molar-refractivity contribution in [2.75, 3.05) is 11.4 Å². The van der Waals surface area contributed by atoms with E-state index in [9.17, 15) is 15.0 Å². The van der Waals surface area contributed by atoms with Crippen molar-refractivity contribution in [3.8, 4) is 11.5 Å².